The second-order valence-electron chi connectivity index (χ2n) is 9.58. The number of H-pyrrole nitrogens is 1. The molecular weight excluding hydrogens is 483 g/mol. The first kappa shape index (κ1) is 23.9. The van der Waals surface area contributed by atoms with Crippen LogP contribution in [0.15, 0.2) is 71.7 Å². The molecule has 38 heavy (non-hydrogen) atoms. The minimum Gasteiger partial charge on any atom is -0.497 e. The summed E-state index contributed by atoms with van der Waals surface area (Å²) in [4.78, 5) is 37.7. The van der Waals surface area contributed by atoms with Gasteiger partial charge < -0.3 is 19.5 Å². The van der Waals surface area contributed by atoms with Crippen molar-refractivity contribution in [3.8, 4) is 5.75 Å². The molecule has 0 spiro atoms. The number of carbonyl (C=O) groups excluding carboxylic acids is 2. The number of aliphatic imine (C=N–C) groups is 1. The van der Waals surface area contributed by atoms with Gasteiger partial charge in [-0.1, -0.05) is 30.3 Å². The highest BCUT2D eigenvalue weighted by molar-refractivity contribution is 6.23. The van der Waals surface area contributed by atoms with Crippen LogP contribution in [0.5, 0.6) is 5.75 Å². The molecule has 8 heteroatoms. The molecule has 2 amide bonds. The van der Waals surface area contributed by atoms with E-state index in [1.54, 1.807) is 29.0 Å². The minimum absolute atomic E-state index is 0.129. The Bertz CT molecular complexity index is 1570. The summed E-state index contributed by atoms with van der Waals surface area (Å²) >= 11 is 0. The molecule has 4 aromatic rings. The molecule has 3 heterocycles. The number of amides is 2. The molecule has 0 bridgehead atoms. The van der Waals surface area contributed by atoms with Crippen molar-refractivity contribution in [2.75, 3.05) is 31.6 Å². The summed E-state index contributed by atoms with van der Waals surface area (Å²) in [7, 11) is 1.61. The van der Waals surface area contributed by atoms with Gasteiger partial charge in [0.25, 0.3) is 5.91 Å². The first-order valence-electron chi connectivity index (χ1n) is 12.7. The summed E-state index contributed by atoms with van der Waals surface area (Å²) in [6, 6.07) is 19.8. The number of methoxy groups -OCH3 is 1. The third-order valence-corrected chi connectivity index (χ3v) is 7.22. The van der Waals surface area contributed by atoms with Crippen LogP contribution in [0.3, 0.4) is 0 Å². The molecule has 0 aliphatic carbocycles. The standard InChI is InChI=1S/C30H27FN4O3/c1-38-21-11-8-19(9-12-21)18-35-26(36)17-32-27(28-29(35)23-6-2-3-7-25(23)33-28)22-13-10-20(16-24(22)31)30(37)34-14-4-5-15-34/h2-3,6-13,16,33H,4-5,14-15,17-18H2,1H3. The number of halogens is 1. The van der Waals surface area contributed by atoms with E-state index in [2.05, 4.69) is 9.98 Å². The average molecular weight is 511 g/mol. The summed E-state index contributed by atoms with van der Waals surface area (Å²) in [6.07, 6.45) is 1.93. The van der Waals surface area contributed by atoms with Crippen molar-refractivity contribution in [1.82, 2.24) is 9.88 Å². The van der Waals surface area contributed by atoms with Crippen LogP contribution >= 0.6 is 0 Å². The van der Waals surface area contributed by atoms with Crippen LogP contribution in [-0.2, 0) is 11.3 Å². The zero-order valence-corrected chi connectivity index (χ0v) is 21.0. The molecule has 6 rings (SSSR count). The quantitative estimate of drug-likeness (QED) is 0.413. The Morgan fingerprint density at radius 2 is 1.82 bits per heavy atom. The van der Waals surface area contributed by atoms with Crippen molar-refractivity contribution in [1.29, 1.82) is 0 Å². The van der Waals surface area contributed by atoms with Crippen molar-refractivity contribution in [2.24, 2.45) is 4.99 Å². The smallest absolute Gasteiger partial charge is 0.253 e. The van der Waals surface area contributed by atoms with E-state index in [0.717, 1.165) is 35.1 Å². The normalized spacial score (nSPS) is 15.4. The molecule has 3 aromatic carbocycles. The first-order chi connectivity index (χ1) is 18.5. The fourth-order valence-electron chi connectivity index (χ4n) is 5.26. The van der Waals surface area contributed by atoms with Crippen LogP contribution in [0.2, 0.25) is 0 Å². The lowest BCUT2D eigenvalue weighted by atomic mass is 10.0. The second kappa shape index (κ2) is 9.78. The number of aromatic amines is 1. The van der Waals surface area contributed by atoms with E-state index in [1.165, 1.54) is 6.07 Å². The summed E-state index contributed by atoms with van der Waals surface area (Å²) in [5, 5.41) is 0.847. The molecule has 0 unspecified atom stereocenters. The molecule has 0 atom stereocenters. The number of fused-ring (bicyclic) bond motifs is 3. The van der Waals surface area contributed by atoms with Gasteiger partial charge in [-0.25, -0.2) is 4.39 Å². The number of aromatic nitrogens is 1. The lowest BCUT2D eigenvalue weighted by molar-refractivity contribution is -0.117. The number of hydrogen-bond donors (Lipinski definition) is 1. The number of para-hydroxylation sites is 1. The number of carbonyl (C=O) groups is 2. The summed E-state index contributed by atoms with van der Waals surface area (Å²) in [5.74, 6) is -0.170. The molecule has 2 aliphatic rings. The highest BCUT2D eigenvalue weighted by Crippen LogP contribution is 2.36. The zero-order chi connectivity index (χ0) is 26.2. The monoisotopic (exact) mass is 510 g/mol. The third-order valence-electron chi connectivity index (χ3n) is 7.22. The van der Waals surface area contributed by atoms with E-state index >= 15 is 4.39 Å². The van der Waals surface area contributed by atoms with E-state index in [-0.39, 0.29) is 23.9 Å². The van der Waals surface area contributed by atoms with Crippen molar-refractivity contribution in [2.45, 2.75) is 19.4 Å². The van der Waals surface area contributed by atoms with Crippen molar-refractivity contribution < 1.29 is 18.7 Å². The van der Waals surface area contributed by atoms with Crippen LogP contribution in [0.1, 0.15) is 40.0 Å². The summed E-state index contributed by atoms with van der Waals surface area (Å²) in [5.41, 5.74) is 3.90. The number of likely N-dealkylation sites (tertiary alicyclic amines) is 1. The summed E-state index contributed by atoms with van der Waals surface area (Å²) < 4.78 is 20.9. The number of ether oxygens (including phenoxy) is 1. The van der Waals surface area contributed by atoms with Gasteiger partial charge >= 0.3 is 0 Å². The van der Waals surface area contributed by atoms with Gasteiger partial charge in [-0.15, -0.1) is 0 Å². The van der Waals surface area contributed by atoms with Crippen LogP contribution in [-0.4, -0.2) is 54.2 Å². The number of hydrogen-bond acceptors (Lipinski definition) is 4. The van der Waals surface area contributed by atoms with Crippen molar-refractivity contribution >= 4 is 34.1 Å². The predicted molar refractivity (Wildman–Crippen MR) is 145 cm³/mol. The highest BCUT2D eigenvalue weighted by atomic mass is 19.1. The van der Waals surface area contributed by atoms with Gasteiger partial charge in [-0.3, -0.25) is 14.6 Å². The summed E-state index contributed by atoms with van der Waals surface area (Å²) in [6.45, 7) is 1.58. The predicted octanol–water partition coefficient (Wildman–Crippen LogP) is 4.94. The number of nitrogens with zero attached hydrogens (tertiary/aromatic N) is 3. The van der Waals surface area contributed by atoms with Gasteiger partial charge in [0.05, 0.1) is 30.7 Å². The van der Waals surface area contributed by atoms with Gasteiger partial charge in [0.2, 0.25) is 5.91 Å². The van der Waals surface area contributed by atoms with Crippen LogP contribution < -0.4 is 9.64 Å². The molecule has 1 saturated heterocycles. The van der Waals surface area contributed by atoms with E-state index in [4.69, 9.17) is 4.74 Å². The lowest BCUT2D eigenvalue weighted by Crippen LogP contribution is -2.31. The van der Waals surface area contributed by atoms with Crippen LogP contribution in [0, 0.1) is 5.82 Å². The molecule has 1 fully saturated rings. The number of anilines is 1. The Kier molecular flexibility index (Phi) is 6.15. The lowest BCUT2D eigenvalue weighted by Gasteiger charge is -2.22. The Morgan fingerprint density at radius 1 is 1.05 bits per heavy atom. The Balaban J connectivity index is 1.42. The van der Waals surface area contributed by atoms with Crippen LogP contribution in [0.25, 0.3) is 10.9 Å². The maximum absolute atomic E-state index is 15.6. The van der Waals surface area contributed by atoms with E-state index < -0.39 is 5.82 Å². The highest BCUT2D eigenvalue weighted by Gasteiger charge is 2.30. The molecule has 0 radical (unpaired) electrons. The van der Waals surface area contributed by atoms with Gasteiger partial charge in [0.1, 0.15) is 18.1 Å². The van der Waals surface area contributed by atoms with Gasteiger partial charge in [0, 0.05) is 35.1 Å². The topological polar surface area (TPSA) is 78.0 Å². The van der Waals surface area contributed by atoms with E-state index in [9.17, 15) is 9.59 Å². The van der Waals surface area contributed by atoms with E-state index in [0.29, 0.717) is 42.3 Å². The fourth-order valence-corrected chi connectivity index (χ4v) is 5.26. The van der Waals surface area contributed by atoms with Crippen molar-refractivity contribution in [3.05, 3.63) is 94.9 Å². The SMILES string of the molecule is COc1ccc(CN2C(=O)CN=C(c3ccc(C(=O)N4CCCC4)cc3F)c3[nH]c4ccccc4c32)cc1. The molecule has 2 aliphatic heterocycles. The van der Waals surface area contributed by atoms with Crippen LogP contribution in [0.4, 0.5) is 10.1 Å². The van der Waals surface area contributed by atoms with E-state index in [1.807, 2.05) is 48.5 Å². The Labute approximate surface area is 219 Å². The first-order valence-corrected chi connectivity index (χ1v) is 12.7. The number of benzene rings is 3. The largest absolute Gasteiger partial charge is 0.497 e. The average Bonchev–Trinajstić information content (AvgIpc) is 3.58. The second-order valence-corrected chi connectivity index (χ2v) is 9.58. The Morgan fingerprint density at radius 3 is 2.55 bits per heavy atom. The molecule has 1 N–H and O–H groups in total. The maximum Gasteiger partial charge on any atom is 0.253 e. The van der Waals surface area contributed by atoms with Gasteiger partial charge in [-0.05, 0) is 54.8 Å². The van der Waals surface area contributed by atoms with Gasteiger partial charge in [0.15, 0.2) is 0 Å². The molecule has 7 nitrogen and oxygen atoms in total. The molecule has 1 aromatic heterocycles. The number of rotatable bonds is 5. The molecule has 192 valence electrons. The Hall–Kier alpha value is -4.46. The third kappa shape index (κ3) is 4.22. The van der Waals surface area contributed by atoms with Gasteiger partial charge in [-0.2, -0.15) is 0 Å². The minimum atomic E-state index is -0.547. The zero-order valence-electron chi connectivity index (χ0n) is 21.0. The van der Waals surface area contributed by atoms with Crippen molar-refractivity contribution in [3.63, 3.8) is 0 Å². The molecule has 0 saturated carbocycles. The fraction of sp³-hybridized carbons (Fsp3) is 0.233. The number of nitrogens with one attached hydrogen (secondary N) is 1. The molecular formula is C30H27FN4O3. The maximum atomic E-state index is 15.6.